The topological polar surface area (TPSA) is 54.9 Å². The Morgan fingerprint density at radius 1 is 1.07 bits per heavy atom. The van der Waals surface area contributed by atoms with E-state index in [1.54, 1.807) is 11.3 Å². The summed E-state index contributed by atoms with van der Waals surface area (Å²) < 4.78 is 0. The van der Waals surface area contributed by atoms with Gasteiger partial charge in [0.2, 0.25) is 5.91 Å². The van der Waals surface area contributed by atoms with Crippen molar-refractivity contribution in [3.63, 3.8) is 0 Å². The maximum absolute atomic E-state index is 12.7. The number of hydrogen-bond acceptors (Lipinski definition) is 5. The van der Waals surface area contributed by atoms with Crippen molar-refractivity contribution in [2.24, 2.45) is 0 Å². The third kappa shape index (κ3) is 5.42. The number of thioether (sulfide) groups is 1. The second kappa shape index (κ2) is 9.34. The molecule has 0 bridgehead atoms. The minimum absolute atomic E-state index is 0.0286. The normalized spacial score (nSPS) is 12.2. The molecule has 2 heterocycles. The van der Waals surface area contributed by atoms with Gasteiger partial charge in [0.1, 0.15) is 0 Å². The molecule has 1 aromatic carbocycles. The lowest BCUT2D eigenvalue weighted by atomic mass is 9.98. The Hall–Kier alpha value is -2.18. The number of carbonyl (C=O) groups excluding carboxylic acids is 1. The number of thiophene rings is 1. The summed E-state index contributed by atoms with van der Waals surface area (Å²) in [5.41, 5.74) is 4.21. The van der Waals surface area contributed by atoms with Gasteiger partial charge in [-0.2, -0.15) is 0 Å². The van der Waals surface area contributed by atoms with Crippen LogP contribution in [0.25, 0.3) is 0 Å². The van der Waals surface area contributed by atoms with Crippen LogP contribution in [0.1, 0.15) is 53.2 Å². The Morgan fingerprint density at radius 3 is 2.29 bits per heavy atom. The average molecular weight is 412 g/mol. The molecule has 2 aromatic heterocycles. The molecule has 3 rings (SSSR count). The first-order valence-corrected chi connectivity index (χ1v) is 11.2. The van der Waals surface area contributed by atoms with Crippen molar-refractivity contribution in [2.45, 2.75) is 44.8 Å². The molecule has 0 saturated heterocycles. The van der Waals surface area contributed by atoms with Crippen LogP contribution >= 0.6 is 23.1 Å². The molecular weight excluding hydrogens is 386 g/mol. The van der Waals surface area contributed by atoms with Crippen molar-refractivity contribution in [3.05, 3.63) is 75.2 Å². The number of benzene rings is 1. The molecule has 28 heavy (non-hydrogen) atoms. The molecule has 1 unspecified atom stereocenters. The molecule has 1 amide bonds. The van der Waals surface area contributed by atoms with Crippen molar-refractivity contribution < 1.29 is 4.79 Å². The van der Waals surface area contributed by atoms with E-state index in [0.717, 1.165) is 21.8 Å². The maximum atomic E-state index is 12.7. The summed E-state index contributed by atoms with van der Waals surface area (Å²) in [5.74, 6) is 0.742. The molecule has 146 valence electrons. The summed E-state index contributed by atoms with van der Waals surface area (Å²) in [5, 5.41) is 5.86. The van der Waals surface area contributed by atoms with Crippen molar-refractivity contribution in [1.29, 1.82) is 0 Å². The highest BCUT2D eigenvalue weighted by Gasteiger charge is 2.18. The standard InChI is InChI=1S/C22H25N3OS2/c1-14(2)17-7-9-18(10-8-17)21(19-6-5-11-27-19)25-20(26)13-28-22-23-15(3)12-16(4)24-22/h5-12,14,21H,13H2,1-4H3,(H,25,26). The SMILES string of the molecule is Cc1cc(C)nc(SCC(=O)NC(c2ccc(C(C)C)cc2)c2cccs2)n1. The summed E-state index contributed by atoms with van der Waals surface area (Å²) in [6, 6.07) is 14.4. The van der Waals surface area contributed by atoms with Gasteiger partial charge in [-0.1, -0.05) is 55.9 Å². The van der Waals surface area contributed by atoms with Gasteiger partial charge < -0.3 is 5.32 Å². The van der Waals surface area contributed by atoms with Crippen LogP contribution in [0.4, 0.5) is 0 Å². The van der Waals surface area contributed by atoms with E-state index in [2.05, 4.69) is 59.5 Å². The van der Waals surface area contributed by atoms with Crippen molar-refractivity contribution in [2.75, 3.05) is 5.75 Å². The first kappa shape index (κ1) is 20.6. The van der Waals surface area contributed by atoms with E-state index >= 15 is 0 Å². The third-order valence-corrected chi connectivity index (χ3v) is 6.15. The number of nitrogens with one attached hydrogen (secondary N) is 1. The van der Waals surface area contributed by atoms with Crippen LogP contribution in [0.5, 0.6) is 0 Å². The number of carbonyl (C=O) groups is 1. The van der Waals surface area contributed by atoms with Crippen LogP contribution in [-0.2, 0) is 4.79 Å². The maximum Gasteiger partial charge on any atom is 0.231 e. The molecule has 4 nitrogen and oxygen atoms in total. The molecule has 0 saturated carbocycles. The first-order valence-electron chi connectivity index (χ1n) is 9.30. The van der Waals surface area contributed by atoms with Gasteiger partial charge in [-0.05, 0) is 48.4 Å². The summed E-state index contributed by atoms with van der Waals surface area (Å²) in [6.45, 7) is 8.23. The van der Waals surface area contributed by atoms with Gasteiger partial charge >= 0.3 is 0 Å². The fraction of sp³-hybridized carbons (Fsp3) is 0.318. The summed E-state index contributed by atoms with van der Waals surface area (Å²) in [4.78, 5) is 22.6. The summed E-state index contributed by atoms with van der Waals surface area (Å²) in [6.07, 6.45) is 0. The zero-order chi connectivity index (χ0) is 20.1. The van der Waals surface area contributed by atoms with E-state index in [-0.39, 0.29) is 17.7 Å². The van der Waals surface area contributed by atoms with Crippen LogP contribution in [-0.4, -0.2) is 21.6 Å². The van der Waals surface area contributed by atoms with Crippen LogP contribution in [0.2, 0.25) is 0 Å². The number of hydrogen-bond donors (Lipinski definition) is 1. The fourth-order valence-corrected chi connectivity index (χ4v) is 4.50. The average Bonchev–Trinajstić information content (AvgIpc) is 3.18. The zero-order valence-electron chi connectivity index (χ0n) is 16.6. The highest BCUT2D eigenvalue weighted by Crippen LogP contribution is 2.28. The molecule has 1 N–H and O–H groups in total. The lowest BCUT2D eigenvalue weighted by molar-refractivity contribution is -0.119. The van der Waals surface area contributed by atoms with Crippen LogP contribution < -0.4 is 5.32 Å². The van der Waals surface area contributed by atoms with E-state index in [4.69, 9.17) is 0 Å². The number of nitrogens with zero attached hydrogens (tertiary/aromatic N) is 2. The van der Waals surface area contributed by atoms with E-state index < -0.39 is 0 Å². The van der Waals surface area contributed by atoms with E-state index in [1.807, 2.05) is 31.4 Å². The predicted octanol–water partition coefficient (Wildman–Crippen LogP) is 5.28. The number of amides is 1. The molecule has 1 atom stereocenters. The largest absolute Gasteiger partial charge is 0.344 e. The predicted molar refractivity (Wildman–Crippen MR) is 117 cm³/mol. The van der Waals surface area contributed by atoms with E-state index in [9.17, 15) is 4.79 Å². The van der Waals surface area contributed by atoms with Crippen molar-refractivity contribution in [1.82, 2.24) is 15.3 Å². The van der Waals surface area contributed by atoms with Gasteiger partial charge in [0.05, 0.1) is 11.8 Å². The van der Waals surface area contributed by atoms with Crippen LogP contribution in [0, 0.1) is 13.8 Å². The first-order chi connectivity index (χ1) is 13.4. The minimum Gasteiger partial charge on any atom is -0.344 e. The Bertz CT molecular complexity index is 901. The van der Waals surface area contributed by atoms with Crippen LogP contribution in [0.3, 0.4) is 0 Å². The van der Waals surface area contributed by atoms with Gasteiger partial charge in [-0.3, -0.25) is 4.79 Å². The smallest absolute Gasteiger partial charge is 0.231 e. The van der Waals surface area contributed by atoms with Gasteiger partial charge in [-0.15, -0.1) is 11.3 Å². The third-order valence-electron chi connectivity index (χ3n) is 4.36. The zero-order valence-corrected chi connectivity index (χ0v) is 18.2. The molecule has 6 heteroatoms. The van der Waals surface area contributed by atoms with Crippen molar-refractivity contribution >= 4 is 29.0 Å². The summed E-state index contributed by atoms with van der Waals surface area (Å²) >= 11 is 3.02. The number of aryl methyl sites for hydroxylation is 2. The van der Waals surface area contributed by atoms with Gasteiger partial charge in [0.25, 0.3) is 0 Å². The second-order valence-corrected chi connectivity index (χ2v) is 8.98. The lowest BCUT2D eigenvalue weighted by Gasteiger charge is -2.19. The Kier molecular flexibility index (Phi) is 6.86. The Balaban J connectivity index is 1.71. The van der Waals surface area contributed by atoms with E-state index in [0.29, 0.717) is 11.1 Å². The lowest BCUT2D eigenvalue weighted by Crippen LogP contribution is -2.30. The number of aromatic nitrogens is 2. The molecule has 3 aromatic rings. The highest BCUT2D eigenvalue weighted by molar-refractivity contribution is 7.99. The van der Waals surface area contributed by atoms with Gasteiger partial charge in [0.15, 0.2) is 5.16 Å². The summed E-state index contributed by atoms with van der Waals surface area (Å²) in [7, 11) is 0. The van der Waals surface area contributed by atoms with Crippen LogP contribution in [0.15, 0.2) is 53.0 Å². The number of rotatable bonds is 7. The fourth-order valence-electron chi connectivity index (χ4n) is 2.94. The van der Waals surface area contributed by atoms with Gasteiger partial charge in [0, 0.05) is 16.3 Å². The molecule has 0 fully saturated rings. The molecule has 0 aliphatic carbocycles. The Labute approximate surface area is 174 Å². The van der Waals surface area contributed by atoms with Gasteiger partial charge in [-0.25, -0.2) is 9.97 Å². The van der Waals surface area contributed by atoms with Crippen molar-refractivity contribution in [3.8, 4) is 0 Å². The molecule has 0 aliphatic heterocycles. The Morgan fingerprint density at radius 2 is 1.71 bits per heavy atom. The molecule has 0 radical (unpaired) electrons. The molecular formula is C22H25N3OS2. The van der Waals surface area contributed by atoms with E-state index in [1.165, 1.54) is 17.3 Å². The highest BCUT2D eigenvalue weighted by atomic mass is 32.2. The molecule has 0 aliphatic rings. The second-order valence-electron chi connectivity index (χ2n) is 7.06. The quantitative estimate of drug-likeness (QED) is 0.425. The minimum atomic E-state index is -0.144. The monoisotopic (exact) mass is 411 g/mol. The molecule has 0 spiro atoms.